The second kappa shape index (κ2) is 8.10. The first kappa shape index (κ1) is 14.9. The van der Waals surface area contributed by atoms with Crippen molar-refractivity contribution in [2.24, 2.45) is 0 Å². The molecular formula is C11H21NO4. The summed E-state index contributed by atoms with van der Waals surface area (Å²) in [6.07, 6.45) is 1.45. The zero-order chi connectivity index (χ0) is 12.6. The fourth-order valence-corrected chi connectivity index (χ4v) is 1.20. The van der Waals surface area contributed by atoms with Gasteiger partial charge in [-0.15, -0.1) is 0 Å². The highest BCUT2D eigenvalue weighted by Crippen LogP contribution is 1.98. The molecule has 94 valence electrons. The fourth-order valence-electron chi connectivity index (χ4n) is 1.20. The number of amides is 1. The predicted molar refractivity (Wildman–Crippen MR) is 60.2 cm³/mol. The summed E-state index contributed by atoms with van der Waals surface area (Å²) < 4.78 is 5.21. The van der Waals surface area contributed by atoms with E-state index >= 15 is 0 Å². The minimum absolute atomic E-state index is 0.0821. The SMILES string of the molecule is CCCC(NC(=O)CCOC(C)C)C(=O)O. The average Bonchev–Trinajstić information content (AvgIpc) is 2.16. The molecule has 0 fully saturated rings. The van der Waals surface area contributed by atoms with Gasteiger partial charge in [-0.25, -0.2) is 4.79 Å². The van der Waals surface area contributed by atoms with E-state index in [1.54, 1.807) is 0 Å². The molecule has 0 heterocycles. The van der Waals surface area contributed by atoms with Gasteiger partial charge in [0.25, 0.3) is 0 Å². The van der Waals surface area contributed by atoms with Crippen molar-refractivity contribution in [1.82, 2.24) is 5.32 Å². The van der Waals surface area contributed by atoms with E-state index in [9.17, 15) is 9.59 Å². The standard InChI is InChI=1S/C11H21NO4/c1-4-5-9(11(14)15)12-10(13)6-7-16-8(2)3/h8-9H,4-7H2,1-3H3,(H,12,13)(H,14,15). The van der Waals surface area contributed by atoms with E-state index in [1.807, 2.05) is 20.8 Å². The van der Waals surface area contributed by atoms with Crippen molar-refractivity contribution in [1.29, 1.82) is 0 Å². The summed E-state index contributed by atoms with van der Waals surface area (Å²) in [4.78, 5) is 22.1. The second-order valence-corrected chi connectivity index (χ2v) is 3.92. The molecule has 0 rings (SSSR count). The summed E-state index contributed by atoms with van der Waals surface area (Å²) >= 11 is 0. The summed E-state index contributed by atoms with van der Waals surface area (Å²) in [6.45, 7) is 5.97. The Morgan fingerprint density at radius 1 is 1.38 bits per heavy atom. The Labute approximate surface area is 96.2 Å². The predicted octanol–water partition coefficient (Wildman–Crippen LogP) is 1.17. The van der Waals surface area contributed by atoms with E-state index < -0.39 is 12.0 Å². The molecule has 5 nitrogen and oxygen atoms in total. The Balaban J connectivity index is 3.86. The number of carboxylic acids is 1. The number of carboxylic acid groups (broad SMARTS) is 1. The smallest absolute Gasteiger partial charge is 0.326 e. The number of aliphatic carboxylic acids is 1. The van der Waals surface area contributed by atoms with Gasteiger partial charge in [-0.2, -0.15) is 0 Å². The lowest BCUT2D eigenvalue weighted by Gasteiger charge is -2.13. The molecule has 0 aliphatic rings. The van der Waals surface area contributed by atoms with Crippen LogP contribution in [0.1, 0.15) is 40.0 Å². The summed E-state index contributed by atoms with van der Waals surface area (Å²) in [5.41, 5.74) is 0. The summed E-state index contributed by atoms with van der Waals surface area (Å²) in [7, 11) is 0. The van der Waals surface area contributed by atoms with Crippen LogP contribution in [0.25, 0.3) is 0 Å². The van der Waals surface area contributed by atoms with Gasteiger partial charge in [0, 0.05) is 6.42 Å². The number of carbonyl (C=O) groups excluding carboxylic acids is 1. The van der Waals surface area contributed by atoms with E-state index in [0.717, 1.165) is 6.42 Å². The number of carbonyl (C=O) groups is 2. The molecule has 0 aliphatic heterocycles. The molecule has 0 aromatic heterocycles. The second-order valence-electron chi connectivity index (χ2n) is 3.92. The zero-order valence-electron chi connectivity index (χ0n) is 10.2. The van der Waals surface area contributed by atoms with Crippen molar-refractivity contribution in [2.75, 3.05) is 6.61 Å². The number of hydrogen-bond acceptors (Lipinski definition) is 3. The summed E-state index contributed by atoms with van der Waals surface area (Å²) in [5, 5.41) is 11.3. The maximum absolute atomic E-state index is 11.4. The molecule has 1 atom stereocenters. The molecule has 1 amide bonds. The number of hydrogen-bond donors (Lipinski definition) is 2. The fraction of sp³-hybridized carbons (Fsp3) is 0.818. The average molecular weight is 231 g/mol. The van der Waals surface area contributed by atoms with E-state index in [1.165, 1.54) is 0 Å². The lowest BCUT2D eigenvalue weighted by molar-refractivity contribution is -0.142. The van der Waals surface area contributed by atoms with Crippen LogP contribution in [-0.4, -0.2) is 35.7 Å². The molecule has 0 aliphatic carbocycles. The van der Waals surface area contributed by atoms with E-state index in [2.05, 4.69) is 5.32 Å². The quantitative estimate of drug-likeness (QED) is 0.657. The van der Waals surface area contributed by atoms with Crippen LogP contribution >= 0.6 is 0 Å². The van der Waals surface area contributed by atoms with Crippen LogP contribution in [0.2, 0.25) is 0 Å². The molecule has 16 heavy (non-hydrogen) atoms. The van der Waals surface area contributed by atoms with Gasteiger partial charge in [-0.1, -0.05) is 13.3 Å². The van der Waals surface area contributed by atoms with Crippen molar-refractivity contribution in [3.05, 3.63) is 0 Å². The lowest BCUT2D eigenvalue weighted by atomic mass is 10.1. The first-order valence-electron chi connectivity index (χ1n) is 5.61. The monoisotopic (exact) mass is 231 g/mol. The lowest BCUT2D eigenvalue weighted by Crippen LogP contribution is -2.41. The van der Waals surface area contributed by atoms with E-state index in [4.69, 9.17) is 9.84 Å². The maximum atomic E-state index is 11.4. The minimum atomic E-state index is -0.986. The van der Waals surface area contributed by atoms with Gasteiger partial charge in [0.2, 0.25) is 5.91 Å². The Bertz CT molecular complexity index is 228. The molecule has 0 bridgehead atoms. The van der Waals surface area contributed by atoms with Crippen LogP contribution in [0.5, 0.6) is 0 Å². The number of rotatable bonds is 8. The number of nitrogens with one attached hydrogen (secondary N) is 1. The van der Waals surface area contributed by atoms with E-state index in [0.29, 0.717) is 13.0 Å². The molecule has 0 radical (unpaired) electrons. The van der Waals surface area contributed by atoms with Gasteiger partial charge >= 0.3 is 5.97 Å². The molecule has 5 heteroatoms. The van der Waals surface area contributed by atoms with Crippen molar-refractivity contribution in [2.45, 2.75) is 52.2 Å². The van der Waals surface area contributed by atoms with Gasteiger partial charge in [0.1, 0.15) is 6.04 Å². The molecule has 0 spiro atoms. The largest absolute Gasteiger partial charge is 0.480 e. The van der Waals surface area contributed by atoms with Crippen LogP contribution in [0.4, 0.5) is 0 Å². The molecule has 0 saturated carbocycles. The first-order valence-corrected chi connectivity index (χ1v) is 5.61. The van der Waals surface area contributed by atoms with Crippen LogP contribution in [-0.2, 0) is 14.3 Å². The minimum Gasteiger partial charge on any atom is -0.480 e. The van der Waals surface area contributed by atoms with Gasteiger partial charge in [-0.05, 0) is 20.3 Å². The highest BCUT2D eigenvalue weighted by molar-refractivity contribution is 5.83. The van der Waals surface area contributed by atoms with Crippen LogP contribution in [0.15, 0.2) is 0 Å². The molecule has 1 unspecified atom stereocenters. The summed E-state index contributed by atoms with van der Waals surface area (Å²) in [5.74, 6) is -1.26. The van der Waals surface area contributed by atoms with Crippen molar-refractivity contribution in [3.63, 3.8) is 0 Å². The Morgan fingerprint density at radius 3 is 2.44 bits per heavy atom. The molecular weight excluding hydrogens is 210 g/mol. The Morgan fingerprint density at radius 2 is 2.00 bits per heavy atom. The van der Waals surface area contributed by atoms with Crippen molar-refractivity contribution >= 4 is 11.9 Å². The number of ether oxygens (including phenoxy) is 1. The van der Waals surface area contributed by atoms with Crippen molar-refractivity contribution < 1.29 is 19.4 Å². The third kappa shape index (κ3) is 7.23. The Kier molecular flexibility index (Phi) is 7.54. The highest BCUT2D eigenvalue weighted by atomic mass is 16.5. The van der Waals surface area contributed by atoms with Crippen molar-refractivity contribution in [3.8, 4) is 0 Å². The van der Waals surface area contributed by atoms with E-state index in [-0.39, 0.29) is 18.4 Å². The van der Waals surface area contributed by atoms with Gasteiger partial charge in [0.15, 0.2) is 0 Å². The highest BCUT2D eigenvalue weighted by Gasteiger charge is 2.18. The normalized spacial score (nSPS) is 12.5. The molecule has 0 aromatic rings. The van der Waals surface area contributed by atoms with Gasteiger partial charge < -0.3 is 15.2 Å². The van der Waals surface area contributed by atoms with Crippen LogP contribution < -0.4 is 5.32 Å². The Hall–Kier alpha value is -1.10. The third-order valence-electron chi connectivity index (χ3n) is 1.99. The molecule has 0 aromatic carbocycles. The maximum Gasteiger partial charge on any atom is 0.326 e. The summed E-state index contributed by atoms with van der Waals surface area (Å²) in [6, 6.07) is -0.781. The van der Waals surface area contributed by atoms with Gasteiger partial charge in [0.05, 0.1) is 12.7 Å². The zero-order valence-corrected chi connectivity index (χ0v) is 10.2. The van der Waals surface area contributed by atoms with Gasteiger partial charge in [-0.3, -0.25) is 4.79 Å². The first-order chi connectivity index (χ1) is 7.47. The third-order valence-corrected chi connectivity index (χ3v) is 1.99. The molecule has 2 N–H and O–H groups in total. The topological polar surface area (TPSA) is 75.6 Å². The molecule has 0 saturated heterocycles. The van der Waals surface area contributed by atoms with Crippen LogP contribution in [0, 0.1) is 0 Å². The van der Waals surface area contributed by atoms with Crippen LogP contribution in [0.3, 0.4) is 0 Å².